The number of hydrogen-bond acceptors (Lipinski definition) is 6. The second-order valence-electron chi connectivity index (χ2n) is 7.24. The average Bonchev–Trinajstić information content (AvgIpc) is 2.82. The standard InChI is InChI=1S/C25H23N3O4/c1-31-25-12-9-19(28(29)30)16-24(25)27-22-13-14-26-23-17-20(10-11-21(22)23)32-15-5-8-18-6-3-2-4-7-18/h2-4,6-7,9-14,16-17H,5,8,15H2,1H3,(H,26,27). The normalized spacial score (nSPS) is 10.7. The largest absolute Gasteiger partial charge is 0.495 e. The van der Waals surface area contributed by atoms with Gasteiger partial charge < -0.3 is 14.8 Å². The number of pyridine rings is 1. The molecule has 0 saturated carbocycles. The molecule has 4 rings (SSSR count). The summed E-state index contributed by atoms with van der Waals surface area (Å²) in [6.07, 6.45) is 3.57. The zero-order valence-electron chi connectivity index (χ0n) is 17.7. The molecule has 162 valence electrons. The number of nitro benzene ring substituents is 1. The van der Waals surface area contributed by atoms with Crippen molar-refractivity contribution in [3.05, 3.63) is 94.7 Å². The smallest absolute Gasteiger partial charge is 0.271 e. The molecular formula is C25H23N3O4. The molecule has 0 saturated heterocycles. The minimum atomic E-state index is -0.434. The zero-order valence-corrected chi connectivity index (χ0v) is 17.7. The van der Waals surface area contributed by atoms with Gasteiger partial charge in [-0.1, -0.05) is 30.3 Å². The number of rotatable bonds is 9. The van der Waals surface area contributed by atoms with Gasteiger partial charge in [-0.2, -0.15) is 0 Å². The fraction of sp³-hybridized carbons (Fsp3) is 0.160. The van der Waals surface area contributed by atoms with E-state index in [4.69, 9.17) is 9.47 Å². The topological polar surface area (TPSA) is 86.5 Å². The highest BCUT2D eigenvalue weighted by Crippen LogP contribution is 2.34. The van der Waals surface area contributed by atoms with Gasteiger partial charge in [-0.05, 0) is 42.7 Å². The number of ether oxygens (including phenoxy) is 2. The fourth-order valence-corrected chi connectivity index (χ4v) is 3.49. The van der Waals surface area contributed by atoms with Crippen molar-refractivity contribution >= 4 is 28.0 Å². The lowest BCUT2D eigenvalue weighted by Gasteiger charge is -2.13. The number of nitro groups is 1. The van der Waals surface area contributed by atoms with E-state index in [-0.39, 0.29) is 5.69 Å². The van der Waals surface area contributed by atoms with E-state index in [1.165, 1.54) is 24.8 Å². The Bertz CT molecular complexity index is 1230. The highest BCUT2D eigenvalue weighted by Gasteiger charge is 2.13. The van der Waals surface area contributed by atoms with Crippen molar-refractivity contribution in [3.63, 3.8) is 0 Å². The summed E-state index contributed by atoms with van der Waals surface area (Å²) in [7, 11) is 1.53. The Morgan fingerprint density at radius 2 is 1.84 bits per heavy atom. The first kappa shape index (κ1) is 21.1. The number of nitrogens with one attached hydrogen (secondary N) is 1. The predicted molar refractivity (Wildman–Crippen MR) is 125 cm³/mol. The van der Waals surface area contributed by atoms with Crippen molar-refractivity contribution in [3.8, 4) is 11.5 Å². The first-order valence-electron chi connectivity index (χ1n) is 10.3. The molecule has 1 heterocycles. The number of anilines is 2. The maximum atomic E-state index is 11.2. The Labute approximate surface area is 185 Å². The molecule has 0 spiro atoms. The highest BCUT2D eigenvalue weighted by molar-refractivity contribution is 5.94. The van der Waals surface area contributed by atoms with Crippen molar-refractivity contribution in [1.82, 2.24) is 4.98 Å². The van der Waals surface area contributed by atoms with E-state index < -0.39 is 4.92 Å². The van der Waals surface area contributed by atoms with Crippen LogP contribution >= 0.6 is 0 Å². The molecule has 0 radical (unpaired) electrons. The lowest BCUT2D eigenvalue weighted by Crippen LogP contribution is -2.00. The molecule has 0 fully saturated rings. The Morgan fingerprint density at radius 1 is 1.00 bits per heavy atom. The fourth-order valence-electron chi connectivity index (χ4n) is 3.49. The van der Waals surface area contributed by atoms with Gasteiger partial charge in [0.1, 0.15) is 11.5 Å². The zero-order chi connectivity index (χ0) is 22.3. The Morgan fingerprint density at radius 3 is 2.62 bits per heavy atom. The van der Waals surface area contributed by atoms with Crippen LogP contribution in [0, 0.1) is 10.1 Å². The Kier molecular flexibility index (Phi) is 6.46. The first-order chi connectivity index (χ1) is 15.6. The van der Waals surface area contributed by atoms with Gasteiger partial charge in [-0.15, -0.1) is 0 Å². The lowest BCUT2D eigenvalue weighted by atomic mass is 10.1. The van der Waals surface area contributed by atoms with Gasteiger partial charge in [0.05, 0.1) is 29.8 Å². The van der Waals surface area contributed by atoms with Crippen molar-refractivity contribution in [2.75, 3.05) is 19.0 Å². The van der Waals surface area contributed by atoms with Crippen LogP contribution in [-0.2, 0) is 6.42 Å². The molecule has 32 heavy (non-hydrogen) atoms. The number of non-ortho nitro benzene ring substituents is 1. The van der Waals surface area contributed by atoms with Crippen LogP contribution in [0.25, 0.3) is 10.9 Å². The maximum Gasteiger partial charge on any atom is 0.271 e. The molecule has 0 amide bonds. The molecule has 0 aliphatic carbocycles. The van der Waals surface area contributed by atoms with Gasteiger partial charge in [0.15, 0.2) is 0 Å². The molecular weight excluding hydrogens is 406 g/mol. The molecule has 0 atom stereocenters. The molecule has 0 aliphatic heterocycles. The number of methoxy groups -OCH3 is 1. The van der Waals surface area contributed by atoms with Crippen molar-refractivity contribution in [1.29, 1.82) is 0 Å². The van der Waals surface area contributed by atoms with Crippen molar-refractivity contribution in [2.24, 2.45) is 0 Å². The monoisotopic (exact) mass is 429 g/mol. The van der Waals surface area contributed by atoms with Gasteiger partial charge in [0.2, 0.25) is 0 Å². The van der Waals surface area contributed by atoms with E-state index in [1.54, 1.807) is 12.3 Å². The number of benzene rings is 3. The quantitative estimate of drug-likeness (QED) is 0.202. The summed E-state index contributed by atoms with van der Waals surface area (Å²) in [5.41, 5.74) is 3.32. The van der Waals surface area contributed by atoms with E-state index in [0.717, 1.165) is 35.2 Å². The van der Waals surface area contributed by atoms with Crippen LogP contribution in [0.4, 0.5) is 17.1 Å². The van der Waals surface area contributed by atoms with Crippen LogP contribution in [0.3, 0.4) is 0 Å². The molecule has 0 aliphatic rings. The minimum absolute atomic E-state index is 0.0159. The van der Waals surface area contributed by atoms with Crippen LogP contribution in [0.5, 0.6) is 11.5 Å². The number of aromatic nitrogens is 1. The number of aryl methyl sites for hydroxylation is 1. The minimum Gasteiger partial charge on any atom is -0.495 e. The van der Waals surface area contributed by atoms with Crippen LogP contribution in [0.2, 0.25) is 0 Å². The molecule has 0 bridgehead atoms. The molecule has 7 nitrogen and oxygen atoms in total. The third-order valence-corrected chi connectivity index (χ3v) is 5.10. The van der Waals surface area contributed by atoms with Crippen LogP contribution in [0.15, 0.2) is 79.0 Å². The second kappa shape index (κ2) is 9.78. The van der Waals surface area contributed by atoms with Crippen molar-refractivity contribution in [2.45, 2.75) is 12.8 Å². The van der Waals surface area contributed by atoms with E-state index in [1.807, 2.05) is 42.5 Å². The van der Waals surface area contributed by atoms with Crippen LogP contribution in [0.1, 0.15) is 12.0 Å². The van der Waals surface area contributed by atoms with Gasteiger partial charge in [0.25, 0.3) is 5.69 Å². The van der Waals surface area contributed by atoms with E-state index in [9.17, 15) is 10.1 Å². The van der Waals surface area contributed by atoms with E-state index in [2.05, 4.69) is 22.4 Å². The average molecular weight is 429 g/mol. The maximum absolute atomic E-state index is 11.2. The Balaban J connectivity index is 1.49. The summed E-state index contributed by atoms with van der Waals surface area (Å²) in [6, 6.07) is 22.3. The summed E-state index contributed by atoms with van der Waals surface area (Å²) in [4.78, 5) is 15.2. The summed E-state index contributed by atoms with van der Waals surface area (Å²) in [5, 5.41) is 15.3. The van der Waals surface area contributed by atoms with Gasteiger partial charge in [-0.3, -0.25) is 15.1 Å². The lowest BCUT2D eigenvalue weighted by molar-refractivity contribution is -0.384. The second-order valence-corrected chi connectivity index (χ2v) is 7.24. The highest BCUT2D eigenvalue weighted by atomic mass is 16.6. The van der Waals surface area contributed by atoms with E-state index in [0.29, 0.717) is 18.0 Å². The SMILES string of the molecule is COc1ccc([N+](=O)[O-])cc1Nc1ccnc2cc(OCCCc3ccccc3)ccc12. The van der Waals surface area contributed by atoms with Crippen LogP contribution < -0.4 is 14.8 Å². The summed E-state index contributed by atoms with van der Waals surface area (Å²) in [5.74, 6) is 1.27. The molecule has 3 aromatic carbocycles. The van der Waals surface area contributed by atoms with Gasteiger partial charge in [-0.25, -0.2) is 0 Å². The van der Waals surface area contributed by atoms with Gasteiger partial charge >= 0.3 is 0 Å². The molecule has 0 unspecified atom stereocenters. The summed E-state index contributed by atoms with van der Waals surface area (Å²) < 4.78 is 11.3. The summed E-state index contributed by atoms with van der Waals surface area (Å²) in [6.45, 7) is 0.614. The van der Waals surface area contributed by atoms with Gasteiger partial charge in [0, 0.05) is 35.5 Å². The summed E-state index contributed by atoms with van der Waals surface area (Å²) >= 11 is 0. The van der Waals surface area contributed by atoms with Crippen molar-refractivity contribution < 1.29 is 14.4 Å². The first-order valence-corrected chi connectivity index (χ1v) is 10.3. The number of nitrogens with zero attached hydrogens (tertiary/aromatic N) is 2. The molecule has 1 N–H and O–H groups in total. The molecule has 4 aromatic rings. The molecule has 1 aromatic heterocycles. The third-order valence-electron chi connectivity index (χ3n) is 5.10. The number of hydrogen-bond donors (Lipinski definition) is 1. The molecule has 7 heteroatoms. The Hall–Kier alpha value is -4.13. The predicted octanol–water partition coefficient (Wildman–Crippen LogP) is 5.91. The van der Waals surface area contributed by atoms with E-state index >= 15 is 0 Å². The third kappa shape index (κ3) is 4.95. The van der Waals surface area contributed by atoms with Crippen LogP contribution in [-0.4, -0.2) is 23.6 Å². The number of fused-ring (bicyclic) bond motifs is 1.